The molecule has 2 rings (SSSR count). The number of hydrogen-bond acceptors (Lipinski definition) is 3. The van der Waals surface area contributed by atoms with Gasteiger partial charge in [0.2, 0.25) is 0 Å². The molecular formula is C13H11Cl2NO2S. The summed E-state index contributed by atoms with van der Waals surface area (Å²) < 4.78 is 0. The third-order valence-corrected chi connectivity index (χ3v) is 4.30. The molecule has 1 N–H and O–H groups in total. The molecule has 1 heterocycles. The Kier molecular flexibility index (Phi) is 4.45. The van der Waals surface area contributed by atoms with Crippen molar-refractivity contribution in [2.24, 2.45) is 0 Å². The van der Waals surface area contributed by atoms with E-state index >= 15 is 0 Å². The van der Waals surface area contributed by atoms with Crippen molar-refractivity contribution in [1.29, 1.82) is 0 Å². The standard InChI is InChI=1S/C13H11Cl2NO2S/c1-2-10-12(13(17)18)19-11(16-10)5-7-3-4-8(14)6-9(7)15/h3-4,6H,2,5H2,1H3,(H,17,18). The van der Waals surface area contributed by atoms with Crippen LogP contribution in [0.5, 0.6) is 0 Å². The van der Waals surface area contributed by atoms with Crippen molar-refractivity contribution in [3.63, 3.8) is 0 Å². The third-order valence-electron chi connectivity index (χ3n) is 2.63. The van der Waals surface area contributed by atoms with Crippen LogP contribution in [0, 0.1) is 0 Å². The molecule has 0 bridgehead atoms. The molecule has 0 fully saturated rings. The zero-order valence-electron chi connectivity index (χ0n) is 10.1. The molecule has 0 atom stereocenters. The Bertz CT molecular complexity index is 625. The predicted molar refractivity (Wildman–Crippen MR) is 77.7 cm³/mol. The van der Waals surface area contributed by atoms with Crippen LogP contribution < -0.4 is 0 Å². The molecule has 1 aromatic heterocycles. The molecule has 0 amide bonds. The molecule has 3 nitrogen and oxygen atoms in total. The van der Waals surface area contributed by atoms with Crippen molar-refractivity contribution >= 4 is 40.5 Å². The van der Waals surface area contributed by atoms with Gasteiger partial charge in [0, 0.05) is 16.5 Å². The molecular weight excluding hydrogens is 305 g/mol. The van der Waals surface area contributed by atoms with E-state index in [2.05, 4.69) is 4.98 Å². The molecule has 0 aliphatic carbocycles. The van der Waals surface area contributed by atoms with E-state index in [-0.39, 0.29) is 0 Å². The van der Waals surface area contributed by atoms with E-state index in [1.165, 1.54) is 11.3 Å². The number of aromatic carboxylic acids is 1. The van der Waals surface area contributed by atoms with E-state index < -0.39 is 5.97 Å². The fourth-order valence-corrected chi connectivity index (χ4v) is 3.20. The molecule has 0 unspecified atom stereocenters. The van der Waals surface area contributed by atoms with Gasteiger partial charge >= 0.3 is 5.97 Å². The second kappa shape index (κ2) is 5.90. The Labute approximate surface area is 124 Å². The van der Waals surface area contributed by atoms with Crippen LogP contribution in [0.4, 0.5) is 0 Å². The first-order valence-electron chi connectivity index (χ1n) is 5.67. The van der Waals surface area contributed by atoms with Gasteiger partial charge in [-0.2, -0.15) is 0 Å². The number of nitrogens with zero attached hydrogens (tertiary/aromatic N) is 1. The molecule has 100 valence electrons. The zero-order chi connectivity index (χ0) is 14.0. The van der Waals surface area contributed by atoms with Gasteiger partial charge in [-0.05, 0) is 24.1 Å². The second-order valence-corrected chi connectivity index (χ2v) is 5.88. The molecule has 0 saturated heterocycles. The van der Waals surface area contributed by atoms with Gasteiger partial charge in [0.05, 0.1) is 10.7 Å². The average molecular weight is 316 g/mol. The quantitative estimate of drug-likeness (QED) is 0.915. The second-order valence-electron chi connectivity index (χ2n) is 3.95. The van der Waals surface area contributed by atoms with Crippen LogP contribution >= 0.6 is 34.5 Å². The van der Waals surface area contributed by atoms with E-state index in [4.69, 9.17) is 28.3 Å². The maximum atomic E-state index is 11.1. The topological polar surface area (TPSA) is 50.2 Å². The Morgan fingerprint density at radius 2 is 2.16 bits per heavy atom. The lowest BCUT2D eigenvalue weighted by atomic mass is 10.1. The van der Waals surface area contributed by atoms with Crippen LogP contribution in [0.2, 0.25) is 10.0 Å². The van der Waals surface area contributed by atoms with Gasteiger partial charge in [0.25, 0.3) is 0 Å². The SMILES string of the molecule is CCc1nc(Cc2ccc(Cl)cc2Cl)sc1C(=O)O. The first-order valence-corrected chi connectivity index (χ1v) is 7.24. The molecule has 0 radical (unpaired) electrons. The van der Waals surface area contributed by atoms with Crippen LogP contribution in [0.1, 0.15) is 32.9 Å². The summed E-state index contributed by atoms with van der Waals surface area (Å²) in [6.45, 7) is 1.89. The molecule has 2 aromatic rings. The minimum absolute atomic E-state index is 0.308. The molecule has 19 heavy (non-hydrogen) atoms. The fraction of sp³-hybridized carbons (Fsp3) is 0.231. The maximum absolute atomic E-state index is 11.1. The van der Waals surface area contributed by atoms with Crippen molar-refractivity contribution in [2.75, 3.05) is 0 Å². The average Bonchev–Trinajstić information content (AvgIpc) is 2.76. The molecule has 6 heteroatoms. The minimum atomic E-state index is -0.928. The lowest BCUT2D eigenvalue weighted by molar-refractivity contribution is 0.0701. The van der Waals surface area contributed by atoms with E-state index in [1.54, 1.807) is 12.1 Å². The van der Waals surface area contributed by atoms with E-state index in [1.807, 2.05) is 13.0 Å². The van der Waals surface area contributed by atoms with Gasteiger partial charge in [-0.15, -0.1) is 11.3 Å². The molecule has 1 aromatic carbocycles. The third kappa shape index (κ3) is 3.26. The summed E-state index contributed by atoms with van der Waals surface area (Å²) >= 11 is 13.1. The minimum Gasteiger partial charge on any atom is -0.477 e. The highest BCUT2D eigenvalue weighted by Crippen LogP contribution is 2.26. The van der Waals surface area contributed by atoms with Gasteiger partial charge in [0.1, 0.15) is 4.88 Å². The summed E-state index contributed by atoms with van der Waals surface area (Å²) in [5.41, 5.74) is 1.51. The van der Waals surface area contributed by atoms with Crippen molar-refractivity contribution in [3.05, 3.63) is 49.4 Å². The Morgan fingerprint density at radius 3 is 2.68 bits per heavy atom. The molecule has 0 spiro atoms. The van der Waals surface area contributed by atoms with Crippen molar-refractivity contribution in [1.82, 2.24) is 4.98 Å². The number of hydrogen-bond donors (Lipinski definition) is 1. The highest BCUT2D eigenvalue weighted by Gasteiger charge is 2.16. The zero-order valence-corrected chi connectivity index (χ0v) is 12.4. The van der Waals surface area contributed by atoms with Gasteiger partial charge < -0.3 is 5.11 Å². The summed E-state index contributed by atoms with van der Waals surface area (Å²) in [4.78, 5) is 15.7. The van der Waals surface area contributed by atoms with E-state index in [9.17, 15) is 4.79 Å². The summed E-state index contributed by atoms with van der Waals surface area (Å²) in [7, 11) is 0. The summed E-state index contributed by atoms with van der Waals surface area (Å²) in [6, 6.07) is 5.26. The largest absolute Gasteiger partial charge is 0.477 e. The van der Waals surface area contributed by atoms with Crippen LogP contribution in [-0.4, -0.2) is 16.1 Å². The fourth-order valence-electron chi connectivity index (χ4n) is 1.71. The van der Waals surface area contributed by atoms with Crippen LogP contribution in [0.25, 0.3) is 0 Å². The number of aryl methyl sites for hydroxylation is 1. The molecule has 0 saturated carbocycles. The van der Waals surface area contributed by atoms with Crippen molar-refractivity contribution < 1.29 is 9.90 Å². The number of carbonyl (C=O) groups is 1. The van der Waals surface area contributed by atoms with Crippen LogP contribution in [0.3, 0.4) is 0 Å². The van der Waals surface area contributed by atoms with Crippen LogP contribution in [0.15, 0.2) is 18.2 Å². The van der Waals surface area contributed by atoms with Gasteiger partial charge in [-0.25, -0.2) is 9.78 Å². The Morgan fingerprint density at radius 1 is 1.42 bits per heavy atom. The highest BCUT2D eigenvalue weighted by molar-refractivity contribution is 7.13. The molecule has 0 aliphatic rings. The molecule has 0 aliphatic heterocycles. The number of benzene rings is 1. The van der Waals surface area contributed by atoms with Crippen molar-refractivity contribution in [3.8, 4) is 0 Å². The van der Waals surface area contributed by atoms with Crippen molar-refractivity contribution in [2.45, 2.75) is 19.8 Å². The van der Waals surface area contributed by atoms with Gasteiger partial charge in [-0.3, -0.25) is 0 Å². The number of carboxylic acid groups (broad SMARTS) is 1. The van der Waals surface area contributed by atoms with Gasteiger partial charge in [-0.1, -0.05) is 36.2 Å². The number of aromatic nitrogens is 1. The maximum Gasteiger partial charge on any atom is 0.347 e. The monoisotopic (exact) mass is 315 g/mol. The Balaban J connectivity index is 2.31. The highest BCUT2D eigenvalue weighted by atomic mass is 35.5. The van der Waals surface area contributed by atoms with E-state index in [0.717, 1.165) is 10.6 Å². The first-order chi connectivity index (χ1) is 9.01. The van der Waals surface area contributed by atoms with Gasteiger partial charge in [0.15, 0.2) is 0 Å². The number of halogens is 2. The summed E-state index contributed by atoms with van der Waals surface area (Å²) in [5, 5.41) is 11.0. The van der Waals surface area contributed by atoms with Crippen LogP contribution in [-0.2, 0) is 12.8 Å². The first kappa shape index (κ1) is 14.3. The summed E-state index contributed by atoms with van der Waals surface area (Å²) in [6.07, 6.45) is 1.12. The normalized spacial score (nSPS) is 10.7. The summed E-state index contributed by atoms with van der Waals surface area (Å²) in [5.74, 6) is -0.928. The predicted octanol–water partition coefficient (Wildman–Crippen LogP) is 4.30. The number of rotatable bonds is 4. The van der Waals surface area contributed by atoms with E-state index in [0.29, 0.717) is 33.5 Å². The lowest BCUT2D eigenvalue weighted by Gasteiger charge is -2.01. The number of thiazole rings is 1. The Hall–Kier alpha value is -1.10. The number of carboxylic acids is 1. The lowest BCUT2D eigenvalue weighted by Crippen LogP contribution is -1.97. The smallest absolute Gasteiger partial charge is 0.347 e.